The Morgan fingerprint density at radius 3 is 1.67 bits per heavy atom. The van der Waals surface area contributed by atoms with E-state index in [1.54, 1.807) is 27.8 Å². The lowest BCUT2D eigenvalue weighted by atomic mass is 9.78. The number of thioether (sulfide) groups is 1. The van der Waals surface area contributed by atoms with Gasteiger partial charge in [0.25, 0.3) is 0 Å². The fourth-order valence-electron chi connectivity index (χ4n) is 5.17. The van der Waals surface area contributed by atoms with Gasteiger partial charge < -0.3 is 4.74 Å². The van der Waals surface area contributed by atoms with Crippen LogP contribution >= 0.6 is 23.5 Å². The molecule has 4 rings (SSSR count). The molecular weight excluding hydrogens is 637 g/mol. The Labute approximate surface area is 307 Å². The molecule has 0 heterocycles. The number of ether oxygens (including phenoxy) is 1. The van der Waals surface area contributed by atoms with Crippen LogP contribution in [0.2, 0.25) is 0 Å². The summed E-state index contributed by atoms with van der Waals surface area (Å²) in [7, 11) is 0. The molecule has 0 bridgehead atoms. The van der Waals surface area contributed by atoms with E-state index in [4.69, 9.17) is 4.74 Å². The van der Waals surface area contributed by atoms with Crippen molar-refractivity contribution in [2.75, 3.05) is 5.75 Å². The van der Waals surface area contributed by atoms with Gasteiger partial charge in [0.1, 0.15) is 5.75 Å². The van der Waals surface area contributed by atoms with Gasteiger partial charge in [0.15, 0.2) is 0 Å². The fourth-order valence-corrected chi connectivity index (χ4v) is 7.62. The van der Waals surface area contributed by atoms with Crippen molar-refractivity contribution in [3.05, 3.63) is 119 Å². The normalized spacial score (nSPS) is 12.9. The first-order valence-corrected chi connectivity index (χ1v) is 19.9. The second-order valence-electron chi connectivity index (χ2n) is 15.3. The van der Waals surface area contributed by atoms with E-state index in [0.717, 1.165) is 10.8 Å². The second kappa shape index (κ2) is 18.9. The standard InChI is InChI=1S/C25H26O2S.C20H34S/c1-18(25(2,3)4)19-10-12-20(13-11-19)24(26)27-21-14-16-23(17-15-21)28-22-8-6-5-7-9-22;1-9-16(8)12-21-20-18(14(4)5)10-17(13(2)3)11-19(20)15(6)7/h5-18H,1-4H3;10-11,13-16H,9,12H2,1-8H3. The highest BCUT2D eigenvalue weighted by atomic mass is 32.2. The Hall–Kier alpha value is -2.95. The van der Waals surface area contributed by atoms with Gasteiger partial charge >= 0.3 is 5.97 Å². The van der Waals surface area contributed by atoms with E-state index in [1.165, 1.54) is 28.2 Å². The van der Waals surface area contributed by atoms with Gasteiger partial charge in [0.2, 0.25) is 0 Å². The summed E-state index contributed by atoms with van der Waals surface area (Å²) in [5.41, 5.74) is 6.58. The zero-order valence-electron chi connectivity index (χ0n) is 32.1. The summed E-state index contributed by atoms with van der Waals surface area (Å²) in [4.78, 5) is 16.3. The highest BCUT2D eigenvalue weighted by molar-refractivity contribution is 7.99. The minimum Gasteiger partial charge on any atom is -0.423 e. The van der Waals surface area contributed by atoms with Crippen molar-refractivity contribution in [3.63, 3.8) is 0 Å². The molecule has 0 spiro atoms. The summed E-state index contributed by atoms with van der Waals surface area (Å²) in [6, 6.07) is 30.4. The van der Waals surface area contributed by atoms with Crippen molar-refractivity contribution in [2.45, 2.75) is 128 Å². The average Bonchev–Trinajstić information content (AvgIpc) is 3.07. The molecule has 2 nitrogen and oxygen atoms in total. The maximum atomic E-state index is 12.4. The number of rotatable bonds is 12. The summed E-state index contributed by atoms with van der Waals surface area (Å²) in [5, 5.41) is 0. The molecular formula is C45H60O2S2. The molecule has 4 heteroatoms. The Morgan fingerprint density at radius 1 is 0.673 bits per heavy atom. The number of carbonyl (C=O) groups excluding carboxylic acids is 1. The summed E-state index contributed by atoms with van der Waals surface area (Å²) in [6.07, 6.45) is 1.27. The maximum Gasteiger partial charge on any atom is 0.343 e. The highest BCUT2D eigenvalue weighted by Crippen LogP contribution is 2.39. The predicted octanol–water partition coefficient (Wildman–Crippen LogP) is 14.4. The van der Waals surface area contributed by atoms with Crippen molar-refractivity contribution >= 4 is 29.5 Å². The third-order valence-corrected chi connectivity index (χ3v) is 11.8. The van der Waals surface area contributed by atoms with Crippen LogP contribution in [0.1, 0.15) is 146 Å². The smallest absolute Gasteiger partial charge is 0.343 e. The van der Waals surface area contributed by atoms with E-state index in [2.05, 4.69) is 119 Å². The van der Waals surface area contributed by atoms with Crippen molar-refractivity contribution in [2.24, 2.45) is 11.3 Å². The van der Waals surface area contributed by atoms with Gasteiger partial charge in [0, 0.05) is 20.4 Å². The second-order valence-corrected chi connectivity index (χ2v) is 17.5. The van der Waals surface area contributed by atoms with E-state index >= 15 is 0 Å². The first-order valence-electron chi connectivity index (χ1n) is 18.1. The van der Waals surface area contributed by atoms with Crippen LogP contribution in [0.25, 0.3) is 0 Å². The summed E-state index contributed by atoms with van der Waals surface area (Å²) < 4.78 is 5.53. The predicted molar refractivity (Wildman–Crippen MR) is 215 cm³/mol. The number of hydrogen-bond donors (Lipinski definition) is 0. The Kier molecular flexibility index (Phi) is 15.6. The third kappa shape index (κ3) is 12.4. The molecule has 4 aromatic carbocycles. The molecule has 264 valence electrons. The largest absolute Gasteiger partial charge is 0.423 e. The molecule has 49 heavy (non-hydrogen) atoms. The van der Waals surface area contributed by atoms with Crippen LogP contribution in [0.5, 0.6) is 5.75 Å². The molecule has 0 aliphatic carbocycles. The summed E-state index contributed by atoms with van der Waals surface area (Å²) in [5.74, 6) is 4.45. The van der Waals surface area contributed by atoms with Gasteiger partial charge in [-0.2, -0.15) is 0 Å². The van der Waals surface area contributed by atoms with Gasteiger partial charge in [-0.1, -0.05) is 144 Å². The highest BCUT2D eigenvalue weighted by Gasteiger charge is 2.22. The van der Waals surface area contributed by atoms with Crippen LogP contribution in [0.15, 0.2) is 106 Å². The Bertz CT molecular complexity index is 1550. The van der Waals surface area contributed by atoms with Gasteiger partial charge in [0.05, 0.1) is 5.56 Å². The molecule has 0 saturated carbocycles. The molecule has 0 N–H and O–H groups in total. The summed E-state index contributed by atoms with van der Waals surface area (Å²) in [6.45, 7) is 27.5. The first kappa shape index (κ1) is 40.5. The van der Waals surface area contributed by atoms with Crippen molar-refractivity contribution in [1.82, 2.24) is 0 Å². The van der Waals surface area contributed by atoms with Crippen LogP contribution in [0.3, 0.4) is 0 Å². The van der Waals surface area contributed by atoms with Crippen LogP contribution in [-0.4, -0.2) is 11.7 Å². The fraction of sp³-hybridized carbons (Fsp3) is 0.444. The molecule has 2 atom stereocenters. The zero-order valence-corrected chi connectivity index (χ0v) is 33.7. The van der Waals surface area contributed by atoms with E-state index < -0.39 is 0 Å². The quantitative estimate of drug-likeness (QED) is 0.0837. The number of carbonyl (C=O) groups is 1. The maximum absolute atomic E-state index is 12.4. The molecule has 2 unspecified atom stereocenters. The van der Waals surface area contributed by atoms with E-state index in [0.29, 0.717) is 35.0 Å². The van der Waals surface area contributed by atoms with Crippen molar-refractivity contribution in [1.29, 1.82) is 0 Å². The summed E-state index contributed by atoms with van der Waals surface area (Å²) >= 11 is 3.76. The first-order chi connectivity index (χ1) is 23.1. The van der Waals surface area contributed by atoms with Crippen LogP contribution in [0, 0.1) is 11.3 Å². The van der Waals surface area contributed by atoms with Gasteiger partial charge in [-0.25, -0.2) is 4.79 Å². The monoisotopic (exact) mass is 696 g/mol. The molecule has 0 aliphatic heterocycles. The molecule has 0 aliphatic rings. The lowest BCUT2D eigenvalue weighted by Crippen LogP contribution is -2.15. The molecule has 0 fully saturated rings. The minimum atomic E-state index is -0.335. The molecule has 0 saturated heterocycles. The van der Waals surface area contributed by atoms with Crippen LogP contribution < -0.4 is 4.74 Å². The van der Waals surface area contributed by atoms with Gasteiger partial charge in [-0.3, -0.25) is 0 Å². The minimum absolute atomic E-state index is 0.182. The van der Waals surface area contributed by atoms with Crippen LogP contribution in [0.4, 0.5) is 0 Å². The van der Waals surface area contributed by atoms with E-state index in [9.17, 15) is 4.79 Å². The third-order valence-electron chi connectivity index (χ3n) is 9.25. The van der Waals surface area contributed by atoms with Crippen molar-refractivity contribution in [3.8, 4) is 5.75 Å². The lowest BCUT2D eigenvalue weighted by Gasteiger charge is -2.27. The van der Waals surface area contributed by atoms with Gasteiger partial charge in [-0.05, 0) is 106 Å². The van der Waals surface area contributed by atoms with Gasteiger partial charge in [-0.15, -0.1) is 11.8 Å². The topological polar surface area (TPSA) is 26.3 Å². The molecule has 0 aromatic heterocycles. The Morgan fingerprint density at radius 2 is 1.20 bits per heavy atom. The average molecular weight is 697 g/mol. The zero-order chi connectivity index (χ0) is 36.3. The number of hydrogen-bond acceptors (Lipinski definition) is 4. The number of benzene rings is 4. The molecule has 4 aromatic rings. The van der Waals surface area contributed by atoms with E-state index in [-0.39, 0.29) is 11.4 Å². The molecule has 0 radical (unpaired) electrons. The SMILES string of the molecule is CC(c1ccc(C(=O)Oc2ccc(Sc3ccccc3)cc2)cc1)C(C)(C)C.CCC(C)CSc1c(C(C)C)cc(C(C)C)cc1C(C)C. The van der Waals surface area contributed by atoms with E-state index in [1.807, 2.05) is 66.7 Å². The van der Waals surface area contributed by atoms with Crippen LogP contribution in [-0.2, 0) is 0 Å². The Balaban J connectivity index is 0.000000278. The molecule has 0 amide bonds. The number of esters is 1. The lowest BCUT2D eigenvalue weighted by molar-refractivity contribution is 0.0734. The van der Waals surface area contributed by atoms with Crippen molar-refractivity contribution < 1.29 is 9.53 Å².